The Hall–Kier alpha value is -2.07. The zero-order valence-electron chi connectivity index (χ0n) is 13.3. The molecule has 23 heavy (non-hydrogen) atoms. The minimum absolute atomic E-state index is 0.507. The highest BCUT2D eigenvalue weighted by Gasteiger charge is 2.16. The van der Waals surface area contributed by atoms with Gasteiger partial charge in [-0.25, -0.2) is 0 Å². The number of aromatic nitrogens is 1. The van der Waals surface area contributed by atoms with Crippen molar-refractivity contribution in [3.63, 3.8) is 0 Å². The highest BCUT2D eigenvalue weighted by molar-refractivity contribution is 5.40. The lowest BCUT2D eigenvalue weighted by atomic mass is 10.0. The molecule has 4 nitrogen and oxygen atoms in total. The summed E-state index contributed by atoms with van der Waals surface area (Å²) in [4.78, 5) is 4.31. The van der Waals surface area contributed by atoms with E-state index in [9.17, 15) is 0 Å². The van der Waals surface area contributed by atoms with Crippen molar-refractivity contribution in [1.29, 1.82) is 0 Å². The average molecular weight is 310 g/mol. The van der Waals surface area contributed by atoms with E-state index < -0.39 is 0 Å². The number of nitrogens with zero attached hydrogens (tertiary/aromatic N) is 1. The predicted molar refractivity (Wildman–Crippen MR) is 89.2 cm³/mol. The van der Waals surface area contributed by atoms with Crippen LogP contribution in [-0.2, 0) is 19.3 Å². The molecule has 0 bridgehead atoms. The monoisotopic (exact) mass is 310 g/mol. The van der Waals surface area contributed by atoms with Crippen LogP contribution in [-0.4, -0.2) is 30.8 Å². The van der Waals surface area contributed by atoms with Crippen molar-refractivity contribution in [3.8, 4) is 11.5 Å². The summed E-state index contributed by atoms with van der Waals surface area (Å²) < 4.78 is 11.4. The highest BCUT2D eigenvalue weighted by Crippen LogP contribution is 2.26. The normalized spacial score (nSPS) is 18.9. The largest absolute Gasteiger partial charge is 0.493 e. The molecule has 1 saturated heterocycles. The number of ether oxygens (including phenoxy) is 2. The SMILES string of the molecule is c1cc2c(cc1CCc1cncc(OC[C@@H]3CCN3)c1)CCO2. The molecule has 1 atom stereocenters. The Morgan fingerprint density at radius 2 is 2.09 bits per heavy atom. The number of hydrogen-bond acceptors (Lipinski definition) is 4. The van der Waals surface area contributed by atoms with Crippen LogP contribution in [0.5, 0.6) is 11.5 Å². The van der Waals surface area contributed by atoms with E-state index in [4.69, 9.17) is 9.47 Å². The molecule has 120 valence electrons. The van der Waals surface area contributed by atoms with Crippen LogP contribution in [0, 0.1) is 0 Å². The van der Waals surface area contributed by atoms with Crippen molar-refractivity contribution in [2.45, 2.75) is 31.7 Å². The zero-order valence-corrected chi connectivity index (χ0v) is 13.3. The minimum Gasteiger partial charge on any atom is -0.493 e. The van der Waals surface area contributed by atoms with Crippen LogP contribution in [0.4, 0.5) is 0 Å². The van der Waals surface area contributed by atoms with Crippen molar-refractivity contribution < 1.29 is 9.47 Å². The van der Waals surface area contributed by atoms with E-state index in [0.29, 0.717) is 6.04 Å². The minimum atomic E-state index is 0.507. The molecular weight excluding hydrogens is 288 g/mol. The summed E-state index contributed by atoms with van der Waals surface area (Å²) in [7, 11) is 0. The van der Waals surface area contributed by atoms with Crippen LogP contribution in [0.2, 0.25) is 0 Å². The number of aryl methyl sites for hydroxylation is 2. The Labute approximate surface area is 136 Å². The Morgan fingerprint density at radius 1 is 1.17 bits per heavy atom. The Morgan fingerprint density at radius 3 is 2.96 bits per heavy atom. The van der Waals surface area contributed by atoms with Crippen LogP contribution in [0.1, 0.15) is 23.1 Å². The smallest absolute Gasteiger partial charge is 0.137 e. The molecule has 0 radical (unpaired) electrons. The third kappa shape index (κ3) is 3.48. The fourth-order valence-electron chi connectivity index (χ4n) is 3.05. The first-order chi connectivity index (χ1) is 11.4. The van der Waals surface area contributed by atoms with Crippen molar-refractivity contribution in [2.75, 3.05) is 19.8 Å². The number of nitrogens with one attached hydrogen (secondary N) is 1. The van der Waals surface area contributed by atoms with Gasteiger partial charge in [0.1, 0.15) is 18.1 Å². The van der Waals surface area contributed by atoms with E-state index in [1.165, 1.54) is 23.1 Å². The van der Waals surface area contributed by atoms with Gasteiger partial charge < -0.3 is 14.8 Å². The van der Waals surface area contributed by atoms with Crippen LogP contribution >= 0.6 is 0 Å². The topological polar surface area (TPSA) is 43.4 Å². The molecular formula is C19H22N2O2. The van der Waals surface area contributed by atoms with Gasteiger partial charge in [0.05, 0.1) is 12.8 Å². The quantitative estimate of drug-likeness (QED) is 0.890. The molecule has 2 aliphatic rings. The summed E-state index contributed by atoms with van der Waals surface area (Å²) >= 11 is 0. The highest BCUT2D eigenvalue weighted by atomic mass is 16.5. The molecule has 1 aromatic carbocycles. The Kier molecular flexibility index (Phi) is 4.16. The second-order valence-electron chi connectivity index (χ2n) is 6.32. The fourth-order valence-corrected chi connectivity index (χ4v) is 3.05. The van der Waals surface area contributed by atoms with Gasteiger partial charge in [-0.1, -0.05) is 12.1 Å². The van der Waals surface area contributed by atoms with Crippen LogP contribution in [0.25, 0.3) is 0 Å². The first kappa shape index (κ1) is 14.5. The first-order valence-corrected chi connectivity index (χ1v) is 8.41. The van der Waals surface area contributed by atoms with Gasteiger partial charge in [0.2, 0.25) is 0 Å². The van der Waals surface area contributed by atoms with E-state index >= 15 is 0 Å². The van der Waals surface area contributed by atoms with Gasteiger partial charge in [-0.3, -0.25) is 4.98 Å². The zero-order chi connectivity index (χ0) is 15.5. The predicted octanol–water partition coefficient (Wildman–Crippen LogP) is 2.54. The lowest BCUT2D eigenvalue weighted by Gasteiger charge is -2.27. The molecule has 2 aromatic rings. The van der Waals surface area contributed by atoms with Crippen molar-refractivity contribution in [3.05, 3.63) is 53.3 Å². The summed E-state index contributed by atoms with van der Waals surface area (Å²) in [5.41, 5.74) is 3.92. The molecule has 1 aromatic heterocycles. The Balaban J connectivity index is 1.34. The summed E-state index contributed by atoms with van der Waals surface area (Å²) in [5.74, 6) is 1.92. The maximum atomic E-state index is 5.82. The average Bonchev–Trinajstić information content (AvgIpc) is 2.99. The molecule has 3 heterocycles. The van der Waals surface area contributed by atoms with E-state index in [1.807, 2.05) is 6.20 Å². The number of hydrogen-bond donors (Lipinski definition) is 1. The number of rotatable bonds is 6. The van der Waals surface area contributed by atoms with Crippen LogP contribution < -0.4 is 14.8 Å². The summed E-state index contributed by atoms with van der Waals surface area (Å²) in [6.07, 6.45) is 7.96. The summed E-state index contributed by atoms with van der Waals surface area (Å²) in [6, 6.07) is 9.16. The second-order valence-corrected chi connectivity index (χ2v) is 6.32. The maximum Gasteiger partial charge on any atom is 0.137 e. The standard InChI is InChI=1S/C19H22N2O2/c1(14-3-4-19-16(9-14)6-8-22-19)2-15-10-18(12-20-11-15)23-13-17-5-7-21-17/h3-4,9-12,17,21H,1-2,5-8,13H2/t17-/m0/s1. The molecule has 4 heteroatoms. The molecule has 0 saturated carbocycles. The van der Waals surface area contributed by atoms with Crippen LogP contribution in [0.15, 0.2) is 36.7 Å². The molecule has 0 aliphatic carbocycles. The van der Waals surface area contributed by atoms with E-state index in [1.54, 1.807) is 6.20 Å². The lowest BCUT2D eigenvalue weighted by Crippen LogP contribution is -2.46. The second kappa shape index (κ2) is 6.59. The van der Waals surface area contributed by atoms with Crippen LogP contribution in [0.3, 0.4) is 0 Å². The van der Waals surface area contributed by atoms with Gasteiger partial charge >= 0.3 is 0 Å². The lowest BCUT2D eigenvalue weighted by molar-refractivity contribution is 0.217. The molecule has 0 spiro atoms. The maximum absolute atomic E-state index is 5.82. The number of fused-ring (bicyclic) bond motifs is 1. The number of pyridine rings is 1. The molecule has 4 rings (SSSR count). The van der Waals surface area contributed by atoms with Gasteiger partial charge in [-0.05, 0) is 54.6 Å². The van der Waals surface area contributed by atoms with Crippen molar-refractivity contribution in [2.24, 2.45) is 0 Å². The third-order valence-electron chi connectivity index (χ3n) is 4.60. The first-order valence-electron chi connectivity index (χ1n) is 8.41. The van der Waals surface area contributed by atoms with Gasteiger partial charge in [-0.2, -0.15) is 0 Å². The summed E-state index contributed by atoms with van der Waals surface area (Å²) in [6.45, 7) is 2.66. The van der Waals surface area contributed by atoms with Gasteiger partial charge in [0.15, 0.2) is 0 Å². The van der Waals surface area contributed by atoms with Crippen molar-refractivity contribution in [1.82, 2.24) is 10.3 Å². The van der Waals surface area contributed by atoms with Gasteiger partial charge in [-0.15, -0.1) is 0 Å². The fraction of sp³-hybridized carbons (Fsp3) is 0.421. The van der Waals surface area contributed by atoms with Gasteiger partial charge in [0, 0.05) is 18.7 Å². The molecule has 2 aliphatic heterocycles. The molecule has 1 fully saturated rings. The molecule has 1 N–H and O–H groups in total. The third-order valence-corrected chi connectivity index (χ3v) is 4.60. The van der Waals surface area contributed by atoms with E-state index in [-0.39, 0.29) is 0 Å². The molecule has 0 amide bonds. The summed E-state index contributed by atoms with van der Waals surface area (Å²) in [5, 5.41) is 3.34. The van der Waals surface area contributed by atoms with E-state index in [2.05, 4.69) is 34.6 Å². The van der Waals surface area contributed by atoms with Gasteiger partial charge in [0.25, 0.3) is 0 Å². The number of benzene rings is 1. The van der Waals surface area contributed by atoms with E-state index in [0.717, 1.165) is 50.5 Å². The van der Waals surface area contributed by atoms with Crippen molar-refractivity contribution >= 4 is 0 Å². The Bertz CT molecular complexity index is 683. The molecule has 0 unspecified atom stereocenters.